The van der Waals surface area contributed by atoms with Crippen LogP contribution in [0.4, 0.5) is 0 Å². The van der Waals surface area contributed by atoms with Gasteiger partial charge in [0.25, 0.3) is 0 Å². The molecule has 0 bridgehead atoms. The summed E-state index contributed by atoms with van der Waals surface area (Å²) >= 11 is 0. The van der Waals surface area contributed by atoms with E-state index in [0.29, 0.717) is 0 Å². The molecule has 0 radical (unpaired) electrons. The summed E-state index contributed by atoms with van der Waals surface area (Å²) in [6.07, 6.45) is 9.53. The minimum absolute atomic E-state index is 0. The molecule has 4 aromatic heterocycles. The van der Waals surface area contributed by atoms with Gasteiger partial charge in [-0.25, -0.2) is 0 Å². The average molecular weight is 1100 g/mol. The van der Waals surface area contributed by atoms with Gasteiger partial charge in [0, 0.05) is 24.2 Å². The van der Waals surface area contributed by atoms with Crippen molar-refractivity contribution in [3.05, 3.63) is 271 Å². The maximum atomic E-state index is 6.30. The number of fused-ring (bicyclic) bond motifs is 3. The van der Waals surface area contributed by atoms with Crippen LogP contribution in [0, 0.1) is 18.2 Å². The number of furan rings is 1. The summed E-state index contributed by atoms with van der Waals surface area (Å²) in [6.45, 7) is 0. The molecule has 344 valence electrons. The molecule has 72 heavy (non-hydrogen) atoms. The standard InChI is InChI=1S/C67H46N3O.Ir/c1-4-14-50(15-5-1)51-30-32-52(33-31-51)61-42-65(55-34-35-60-59-22-12-13-23-66(59)71-67(60)41-55)70-45-62(61)58-21-11-10-20-57(58)56-39-48(26-24-46-28-36-63(68-43-46)53-16-6-2-7-17-53)38-49(40-56)27-25-47-29-37-64(69-44-47)54-18-8-3-9-19-54;/h1-16,18,20-23,28-40,42-45H,24-27H2;/q-3;+3. The fourth-order valence-corrected chi connectivity index (χ4v) is 9.66. The van der Waals surface area contributed by atoms with Crippen LogP contribution in [0.1, 0.15) is 22.3 Å². The third kappa shape index (κ3) is 9.86. The van der Waals surface area contributed by atoms with Crippen LogP contribution < -0.4 is 0 Å². The summed E-state index contributed by atoms with van der Waals surface area (Å²) in [5.74, 6) is 0. The maximum absolute atomic E-state index is 6.30. The zero-order valence-electron chi connectivity index (χ0n) is 39.4. The van der Waals surface area contributed by atoms with Gasteiger partial charge < -0.3 is 19.4 Å². The Morgan fingerprint density at radius 2 is 0.917 bits per heavy atom. The van der Waals surface area contributed by atoms with Crippen molar-refractivity contribution in [2.24, 2.45) is 0 Å². The number of rotatable bonds is 13. The fraction of sp³-hybridized carbons (Fsp3) is 0.0597. The maximum Gasteiger partial charge on any atom is 3.00 e. The van der Waals surface area contributed by atoms with E-state index in [-0.39, 0.29) is 20.1 Å². The molecule has 0 N–H and O–H groups in total. The normalized spacial score (nSPS) is 11.2. The van der Waals surface area contributed by atoms with Gasteiger partial charge >= 0.3 is 20.1 Å². The van der Waals surface area contributed by atoms with E-state index in [2.05, 4.69) is 176 Å². The zero-order valence-corrected chi connectivity index (χ0v) is 41.7. The SMILES string of the molecule is [Ir+3].[c-]1ccccc1-c1ccc(CCc2cc(CCc3ccc(-c4[c-]cccc4)nc3)cc(-c3ccccc3-c3cnc(-c4[c-]c5oc6ccccc6c5cc4)cc3-c3ccc(-c4ccccc4)cc3)c2)cn1. The van der Waals surface area contributed by atoms with Crippen LogP contribution >= 0.6 is 0 Å². The van der Waals surface area contributed by atoms with E-state index in [4.69, 9.17) is 19.4 Å². The molecule has 12 aromatic rings. The van der Waals surface area contributed by atoms with Crippen molar-refractivity contribution in [3.63, 3.8) is 0 Å². The molecule has 0 amide bonds. The second-order valence-corrected chi connectivity index (χ2v) is 18.0. The number of aryl methyl sites for hydroxylation is 4. The summed E-state index contributed by atoms with van der Waals surface area (Å²) in [5.41, 5.74) is 21.1. The molecule has 5 heteroatoms. The second-order valence-electron chi connectivity index (χ2n) is 18.0. The van der Waals surface area contributed by atoms with E-state index in [1.54, 1.807) is 0 Å². The van der Waals surface area contributed by atoms with Crippen molar-refractivity contribution in [2.45, 2.75) is 25.7 Å². The smallest absolute Gasteiger partial charge is 0.477 e. The zero-order chi connectivity index (χ0) is 47.3. The van der Waals surface area contributed by atoms with Gasteiger partial charge in [0.15, 0.2) is 0 Å². The van der Waals surface area contributed by atoms with Gasteiger partial charge in [-0.3, -0.25) is 0 Å². The van der Waals surface area contributed by atoms with Gasteiger partial charge in [-0.1, -0.05) is 157 Å². The van der Waals surface area contributed by atoms with Crippen LogP contribution in [-0.4, -0.2) is 15.0 Å². The number of pyridine rings is 3. The molecule has 8 aromatic carbocycles. The number of aromatic nitrogens is 3. The Bertz CT molecular complexity index is 3670. The van der Waals surface area contributed by atoms with Crippen LogP contribution in [0.2, 0.25) is 0 Å². The van der Waals surface area contributed by atoms with E-state index in [1.807, 2.05) is 73.2 Å². The largest absolute Gasteiger partial charge is 3.00 e. The summed E-state index contributed by atoms with van der Waals surface area (Å²) in [4.78, 5) is 14.8. The Morgan fingerprint density at radius 1 is 0.347 bits per heavy atom. The first-order valence-electron chi connectivity index (χ1n) is 24.2. The van der Waals surface area contributed by atoms with Gasteiger partial charge in [0.1, 0.15) is 5.58 Å². The van der Waals surface area contributed by atoms with Gasteiger partial charge in [-0.15, -0.1) is 89.5 Å². The number of hydrogen-bond donors (Lipinski definition) is 0. The minimum Gasteiger partial charge on any atom is -0.477 e. The van der Waals surface area contributed by atoms with Crippen molar-refractivity contribution in [1.82, 2.24) is 15.0 Å². The van der Waals surface area contributed by atoms with Crippen LogP contribution in [-0.2, 0) is 45.8 Å². The Balaban J connectivity index is 0.00000560. The molecular weight excluding hydrogens is 1050 g/mol. The molecule has 0 unspecified atom stereocenters. The minimum atomic E-state index is 0. The number of hydrogen-bond acceptors (Lipinski definition) is 4. The summed E-state index contributed by atoms with van der Waals surface area (Å²) < 4.78 is 6.30. The van der Waals surface area contributed by atoms with E-state index in [9.17, 15) is 0 Å². The van der Waals surface area contributed by atoms with Gasteiger partial charge in [0.2, 0.25) is 0 Å². The molecule has 0 saturated heterocycles. The van der Waals surface area contributed by atoms with Gasteiger partial charge in [0.05, 0.1) is 5.58 Å². The molecule has 0 aliphatic rings. The molecule has 0 spiro atoms. The van der Waals surface area contributed by atoms with Crippen molar-refractivity contribution in [2.75, 3.05) is 0 Å². The number of para-hydroxylation sites is 1. The van der Waals surface area contributed by atoms with E-state index >= 15 is 0 Å². The van der Waals surface area contributed by atoms with Crippen molar-refractivity contribution in [3.8, 4) is 78.3 Å². The molecule has 0 atom stereocenters. The quantitative estimate of drug-likeness (QED) is 0.108. The predicted octanol–water partition coefficient (Wildman–Crippen LogP) is 16.4. The third-order valence-electron chi connectivity index (χ3n) is 13.4. The molecule has 12 rings (SSSR count). The van der Waals surface area contributed by atoms with E-state index in [0.717, 1.165) is 109 Å². The van der Waals surface area contributed by atoms with Crippen molar-refractivity contribution >= 4 is 21.9 Å². The number of benzene rings is 8. The second kappa shape index (κ2) is 20.9. The fourth-order valence-electron chi connectivity index (χ4n) is 9.66. The predicted molar refractivity (Wildman–Crippen MR) is 289 cm³/mol. The van der Waals surface area contributed by atoms with Crippen molar-refractivity contribution in [1.29, 1.82) is 0 Å². The molecule has 0 saturated carbocycles. The van der Waals surface area contributed by atoms with Gasteiger partial charge in [-0.2, -0.15) is 0 Å². The third-order valence-corrected chi connectivity index (χ3v) is 13.4. The first-order valence-corrected chi connectivity index (χ1v) is 24.2. The van der Waals surface area contributed by atoms with E-state index < -0.39 is 0 Å². The molecule has 4 nitrogen and oxygen atoms in total. The molecule has 0 aliphatic heterocycles. The van der Waals surface area contributed by atoms with Crippen LogP contribution in [0.15, 0.2) is 235 Å². The van der Waals surface area contributed by atoms with Crippen LogP contribution in [0.5, 0.6) is 0 Å². The monoisotopic (exact) mass is 1100 g/mol. The van der Waals surface area contributed by atoms with Gasteiger partial charge in [-0.05, 0) is 115 Å². The molecular formula is C67H46IrN3O. The summed E-state index contributed by atoms with van der Waals surface area (Å²) in [6, 6.07) is 84.7. The molecule has 4 heterocycles. The Kier molecular flexibility index (Phi) is 13.4. The first kappa shape index (κ1) is 46.1. The van der Waals surface area contributed by atoms with E-state index in [1.165, 1.54) is 38.9 Å². The van der Waals surface area contributed by atoms with Crippen molar-refractivity contribution < 1.29 is 24.5 Å². The summed E-state index contributed by atoms with van der Waals surface area (Å²) in [5, 5.41) is 2.12. The molecule has 0 fully saturated rings. The van der Waals surface area contributed by atoms with Crippen LogP contribution in [0.3, 0.4) is 0 Å². The summed E-state index contributed by atoms with van der Waals surface area (Å²) in [7, 11) is 0. The molecule has 0 aliphatic carbocycles. The van der Waals surface area contributed by atoms with Crippen LogP contribution in [0.25, 0.3) is 100 Å². The topological polar surface area (TPSA) is 51.8 Å². The Morgan fingerprint density at radius 3 is 1.56 bits per heavy atom. The Hall–Kier alpha value is -8.34. The number of nitrogens with zero attached hydrogens (tertiary/aromatic N) is 3. The first-order chi connectivity index (χ1) is 35.1. The Labute approximate surface area is 434 Å². The average Bonchev–Trinajstić information content (AvgIpc) is 3.83.